The van der Waals surface area contributed by atoms with Crippen molar-refractivity contribution in [3.05, 3.63) is 84.7 Å². The molecule has 1 aliphatic heterocycles. The third-order valence-corrected chi connectivity index (χ3v) is 6.19. The number of hydrogen-bond donors (Lipinski definition) is 0. The molecule has 0 unspecified atom stereocenters. The zero-order valence-corrected chi connectivity index (χ0v) is 19.0. The van der Waals surface area contributed by atoms with E-state index in [0.717, 1.165) is 22.5 Å². The summed E-state index contributed by atoms with van der Waals surface area (Å²) < 4.78 is 1.71. The molecule has 0 saturated heterocycles. The molecule has 0 atom stereocenters. The summed E-state index contributed by atoms with van der Waals surface area (Å²) in [7, 11) is 0. The van der Waals surface area contributed by atoms with Gasteiger partial charge in [-0.1, -0.05) is 59.9 Å². The van der Waals surface area contributed by atoms with E-state index < -0.39 is 0 Å². The molecular formula is C22H21Cl3N4O. The van der Waals surface area contributed by atoms with Crippen LogP contribution in [0.2, 0.25) is 15.1 Å². The number of fused-ring (bicyclic) bond motifs is 1. The monoisotopic (exact) mass is 462 g/mol. The van der Waals surface area contributed by atoms with Crippen LogP contribution in [0.15, 0.2) is 47.3 Å². The minimum Gasteiger partial charge on any atom is -0.297 e. The summed E-state index contributed by atoms with van der Waals surface area (Å²) in [4.78, 5) is 22.1. The van der Waals surface area contributed by atoms with Gasteiger partial charge in [-0.2, -0.15) is 0 Å². The summed E-state index contributed by atoms with van der Waals surface area (Å²) in [6.07, 6.45) is 0.629. The first kappa shape index (κ1) is 21.2. The van der Waals surface area contributed by atoms with Crippen LogP contribution in [0.25, 0.3) is 0 Å². The van der Waals surface area contributed by atoms with Crippen molar-refractivity contribution >= 4 is 46.4 Å². The van der Waals surface area contributed by atoms with E-state index in [9.17, 15) is 4.79 Å². The first-order valence-electron chi connectivity index (χ1n) is 9.67. The molecular weight excluding hydrogens is 443 g/mol. The summed E-state index contributed by atoms with van der Waals surface area (Å²) in [5.74, 6) is 0.578. The molecule has 3 aromatic rings. The van der Waals surface area contributed by atoms with Gasteiger partial charge in [0, 0.05) is 27.8 Å². The fraction of sp³-hybridized carbons (Fsp3) is 0.273. The van der Waals surface area contributed by atoms with Gasteiger partial charge in [0.15, 0.2) is 0 Å². The van der Waals surface area contributed by atoms with E-state index in [1.165, 1.54) is 0 Å². The molecule has 4 rings (SSSR count). The number of rotatable bonds is 4. The van der Waals surface area contributed by atoms with Crippen LogP contribution < -0.4 is 10.5 Å². The van der Waals surface area contributed by atoms with Gasteiger partial charge in [0.1, 0.15) is 0 Å². The molecule has 0 radical (unpaired) electrons. The number of hydrogen-bond acceptors (Lipinski definition) is 4. The average molecular weight is 464 g/mol. The summed E-state index contributed by atoms with van der Waals surface area (Å²) in [5.41, 5.74) is 3.17. The van der Waals surface area contributed by atoms with E-state index >= 15 is 0 Å². The molecule has 30 heavy (non-hydrogen) atoms. The molecule has 1 aliphatic rings. The zero-order chi connectivity index (χ0) is 21.4. The predicted octanol–water partition coefficient (Wildman–Crippen LogP) is 5.64. The summed E-state index contributed by atoms with van der Waals surface area (Å²) in [6.45, 7) is 5.35. The van der Waals surface area contributed by atoms with Gasteiger partial charge in [-0.05, 0) is 43.2 Å². The van der Waals surface area contributed by atoms with E-state index in [4.69, 9.17) is 39.8 Å². The highest BCUT2D eigenvalue weighted by Crippen LogP contribution is 2.35. The normalized spacial score (nSPS) is 14.1. The smallest absolute Gasteiger partial charge is 0.259 e. The topological polar surface area (TPSA) is 41.4 Å². The fourth-order valence-electron chi connectivity index (χ4n) is 3.79. The molecule has 0 fully saturated rings. The molecule has 0 aliphatic carbocycles. The van der Waals surface area contributed by atoms with Crippen LogP contribution in [0.5, 0.6) is 0 Å². The Kier molecular flexibility index (Phi) is 6.07. The summed E-state index contributed by atoms with van der Waals surface area (Å²) in [5, 5.41) is 1.75. The van der Waals surface area contributed by atoms with Gasteiger partial charge >= 0.3 is 0 Å². The first-order chi connectivity index (χ1) is 14.4. The Morgan fingerprint density at radius 3 is 2.50 bits per heavy atom. The minimum atomic E-state index is -0.0288. The minimum absolute atomic E-state index is 0.0288. The largest absolute Gasteiger partial charge is 0.297 e. The Hall–Kier alpha value is -2.05. The molecule has 0 N–H and O–H groups in total. The van der Waals surface area contributed by atoms with Crippen molar-refractivity contribution in [3.63, 3.8) is 0 Å². The first-order valence-corrected chi connectivity index (χ1v) is 10.8. The summed E-state index contributed by atoms with van der Waals surface area (Å²) >= 11 is 19.0. The Morgan fingerprint density at radius 2 is 1.80 bits per heavy atom. The van der Waals surface area contributed by atoms with E-state index in [0.29, 0.717) is 47.3 Å². The van der Waals surface area contributed by atoms with Crippen LogP contribution in [-0.4, -0.2) is 21.1 Å². The van der Waals surface area contributed by atoms with Crippen molar-refractivity contribution in [1.82, 2.24) is 14.5 Å². The molecule has 0 saturated carbocycles. The van der Waals surface area contributed by atoms with Gasteiger partial charge in [0.25, 0.3) is 5.56 Å². The van der Waals surface area contributed by atoms with Crippen LogP contribution in [0, 0.1) is 6.92 Å². The number of anilines is 2. The quantitative estimate of drug-likeness (QED) is 0.502. The molecule has 0 bridgehead atoms. The van der Waals surface area contributed by atoms with Crippen LogP contribution in [0.4, 0.5) is 11.6 Å². The van der Waals surface area contributed by atoms with E-state index in [-0.39, 0.29) is 5.56 Å². The lowest BCUT2D eigenvalue weighted by Crippen LogP contribution is -2.47. The Bertz CT molecular complexity index is 1160. The second-order valence-corrected chi connectivity index (χ2v) is 8.54. The zero-order valence-electron chi connectivity index (χ0n) is 16.7. The molecule has 5 nitrogen and oxygen atoms in total. The highest BCUT2D eigenvalue weighted by molar-refractivity contribution is 6.36. The van der Waals surface area contributed by atoms with Crippen molar-refractivity contribution in [2.45, 2.75) is 33.5 Å². The molecule has 156 valence electrons. The van der Waals surface area contributed by atoms with Gasteiger partial charge < -0.3 is 0 Å². The second kappa shape index (κ2) is 8.60. The number of aryl methyl sites for hydroxylation is 1. The Balaban J connectivity index is 1.83. The van der Waals surface area contributed by atoms with Gasteiger partial charge in [0.05, 0.1) is 24.0 Å². The van der Waals surface area contributed by atoms with Gasteiger partial charge in [-0.3, -0.25) is 19.2 Å². The third kappa shape index (κ3) is 3.95. The number of aromatic nitrogens is 2. The van der Waals surface area contributed by atoms with Gasteiger partial charge in [-0.25, -0.2) is 4.98 Å². The van der Waals surface area contributed by atoms with Gasteiger partial charge in [0.2, 0.25) is 5.95 Å². The molecule has 8 heteroatoms. The maximum Gasteiger partial charge on any atom is 0.259 e. The third-order valence-electron chi connectivity index (χ3n) is 5.28. The number of halogens is 3. The van der Waals surface area contributed by atoms with Crippen LogP contribution in [0.1, 0.15) is 23.7 Å². The van der Waals surface area contributed by atoms with Gasteiger partial charge in [-0.15, -0.1) is 0 Å². The van der Waals surface area contributed by atoms with Crippen LogP contribution >= 0.6 is 34.8 Å². The molecule has 1 aromatic heterocycles. The van der Waals surface area contributed by atoms with E-state index in [1.54, 1.807) is 16.7 Å². The average Bonchev–Trinajstić information content (AvgIpc) is 2.70. The lowest BCUT2D eigenvalue weighted by atomic mass is 10.2. The van der Waals surface area contributed by atoms with Crippen molar-refractivity contribution in [2.24, 2.45) is 0 Å². The second-order valence-electron chi connectivity index (χ2n) is 7.29. The maximum atomic E-state index is 13.2. The van der Waals surface area contributed by atoms with Crippen molar-refractivity contribution < 1.29 is 0 Å². The lowest BCUT2D eigenvalue weighted by molar-refractivity contribution is 0.190. The fourth-order valence-corrected chi connectivity index (χ4v) is 4.49. The highest BCUT2D eigenvalue weighted by Gasteiger charge is 2.29. The van der Waals surface area contributed by atoms with Crippen LogP contribution in [0.3, 0.4) is 0 Å². The summed E-state index contributed by atoms with van der Waals surface area (Å²) in [6, 6.07) is 13.1. The SMILES string of the molecule is CCc1c(C)nc2n(c1=O)CN(Cc1ccccc1Cl)CN2c1ccc(Cl)cc1Cl. The molecule has 0 spiro atoms. The molecule has 2 aromatic carbocycles. The van der Waals surface area contributed by atoms with E-state index in [2.05, 4.69) is 4.90 Å². The van der Waals surface area contributed by atoms with Crippen molar-refractivity contribution in [2.75, 3.05) is 11.6 Å². The van der Waals surface area contributed by atoms with Crippen molar-refractivity contribution in [1.29, 1.82) is 0 Å². The van der Waals surface area contributed by atoms with E-state index in [1.807, 2.05) is 49.1 Å². The Labute approximate surface area is 190 Å². The number of nitrogens with zero attached hydrogens (tertiary/aromatic N) is 4. The predicted molar refractivity (Wildman–Crippen MR) is 123 cm³/mol. The van der Waals surface area contributed by atoms with Crippen molar-refractivity contribution in [3.8, 4) is 0 Å². The lowest BCUT2D eigenvalue weighted by Gasteiger charge is -2.39. The number of benzene rings is 2. The molecule has 2 heterocycles. The standard InChI is InChI=1S/C22H21Cl3N4O/c1-3-17-14(2)26-22-28(20-9-8-16(23)10-19(20)25)12-27(13-29(22)21(17)30)11-15-6-4-5-7-18(15)24/h4-10H,3,11-13H2,1-2H3. The molecule has 0 amide bonds. The Morgan fingerprint density at radius 1 is 1.03 bits per heavy atom. The highest BCUT2D eigenvalue weighted by atomic mass is 35.5. The van der Waals surface area contributed by atoms with Crippen LogP contribution in [-0.2, 0) is 19.6 Å². The maximum absolute atomic E-state index is 13.2.